The summed E-state index contributed by atoms with van der Waals surface area (Å²) < 4.78 is 0. The maximum absolute atomic E-state index is 6.91. The molecule has 1 unspecified atom stereocenters. The summed E-state index contributed by atoms with van der Waals surface area (Å²) in [5.74, 6) is 1.45. The summed E-state index contributed by atoms with van der Waals surface area (Å²) in [5.41, 5.74) is 16.3. The molecule has 9 nitrogen and oxygen atoms in total. The van der Waals surface area contributed by atoms with Crippen molar-refractivity contribution in [2.24, 2.45) is 5.73 Å². The number of likely N-dealkylation sites (N-methyl/N-ethyl adjacent to an activating group) is 1. The summed E-state index contributed by atoms with van der Waals surface area (Å²) in [6.45, 7) is 5.42. The number of nitrogens with two attached hydrogens (primary N) is 2. The molecule has 1 aliphatic carbocycles. The van der Waals surface area contributed by atoms with Crippen LogP contribution in [0.3, 0.4) is 0 Å². The summed E-state index contributed by atoms with van der Waals surface area (Å²) in [4.78, 5) is 23.3. The number of benzene rings is 1. The molecule has 2 aromatic heterocycles. The van der Waals surface area contributed by atoms with Gasteiger partial charge in [-0.05, 0) is 38.2 Å². The lowest BCUT2D eigenvalue weighted by Gasteiger charge is -2.34. The Kier molecular flexibility index (Phi) is 5.85. The summed E-state index contributed by atoms with van der Waals surface area (Å²) in [5, 5.41) is 3.82. The van der Waals surface area contributed by atoms with Crippen molar-refractivity contribution < 1.29 is 0 Å². The van der Waals surface area contributed by atoms with Gasteiger partial charge >= 0.3 is 0 Å². The van der Waals surface area contributed by atoms with Crippen LogP contribution in [0.5, 0.6) is 0 Å². The monoisotopic (exact) mass is 477 g/mol. The van der Waals surface area contributed by atoms with Crippen LogP contribution >= 0.6 is 11.6 Å². The molecule has 0 amide bonds. The van der Waals surface area contributed by atoms with E-state index in [-0.39, 0.29) is 0 Å². The third-order valence-corrected chi connectivity index (χ3v) is 6.60. The molecule has 1 aromatic carbocycles. The average Bonchev–Trinajstić information content (AvgIpc) is 2.81. The van der Waals surface area contributed by atoms with Crippen LogP contribution in [0.2, 0.25) is 5.02 Å². The van der Waals surface area contributed by atoms with Gasteiger partial charge in [-0.15, -0.1) is 0 Å². The van der Waals surface area contributed by atoms with E-state index in [9.17, 15) is 0 Å². The van der Waals surface area contributed by atoms with Crippen molar-refractivity contribution in [3.8, 4) is 0 Å². The van der Waals surface area contributed by atoms with Gasteiger partial charge in [0.2, 0.25) is 11.9 Å². The number of pyridine rings is 1. The van der Waals surface area contributed by atoms with E-state index in [1.54, 1.807) is 0 Å². The highest BCUT2D eigenvalue weighted by molar-refractivity contribution is 6.33. The lowest BCUT2D eigenvalue weighted by Crippen LogP contribution is -2.46. The molecule has 1 saturated heterocycles. The second kappa shape index (κ2) is 8.83. The Labute approximate surface area is 203 Å². The van der Waals surface area contributed by atoms with Gasteiger partial charge in [-0.25, -0.2) is 0 Å². The molecule has 3 heterocycles. The number of hydrogen-bond acceptors (Lipinski definition) is 9. The maximum atomic E-state index is 6.91. The summed E-state index contributed by atoms with van der Waals surface area (Å²) in [7, 11) is 2.11. The third kappa shape index (κ3) is 4.42. The number of nitrogens with one attached hydrogen (secondary N) is 1. The van der Waals surface area contributed by atoms with Crippen molar-refractivity contribution in [1.82, 2.24) is 24.8 Å². The fourth-order valence-electron chi connectivity index (χ4n) is 4.27. The number of para-hydroxylation sites is 1. The number of piperazine rings is 1. The molecule has 5 N–H and O–H groups in total. The second-order valence-corrected chi connectivity index (χ2v) is 9.35. The standard InChI is InChI=1S/C24H28ClN9/c1-15-13-18(26)16-14-24(27,8-7-19(16)28-15)21-30-22(29-20-6-4-3-5-17(20)25)32-23(31-21)34-11-9-33(2)10-12-34/h3-8,13H,9-12,14,27H2,1-2H3,(H2,26,28)(H,29,30,31,32). The number of anilines is 4. The Hall–Kier alpha value is -3.27. The van der Waals surface area contributed by atoms with E-state index in [0.717, 1.165) is 43.1 Å². The van der Waals surface area contributed by atoms with Crippen LogP contribution in [-0.4, -0.2) is 58.1 Å². The van der Waals surface area contributed by atoms with Gasteiger partial charge in [0.15, 0.2) is 5.82 Å². The first-order valence-electron chi connectivity index (χ1n) is 11.3. The van der Waals surface area contributed by atoms with Crippen molar-refractivity contribution in [3.63, 3.8) is 0 Å². The van der Waals surface area contributed by atoms with Crippen molar-refractivity contribution in [2.75, 3.05) is 49.2 Å². The van der Waals surface area contributed by atoms with Gasteiger partial charge in [0.25, 0.3) is 0 Å². The number of halogens is 1. The minimum absolute atomic E-state index is 0.394. The van der Waals surface area contributed by atoms with Gasteiger partial charge in [-0.2, -0.15) is 15.0 Å². The first-order chi connectivity index (χ1) is 16.3. The molecule has 1 fully saturated rings. The van der Waals surface area contributed by atoms with Crippen LogP contribution in [0.15, 0.2) is 36.4 Å². The topological polar surface area (TPSA) is 122 Å². The van der Waals surface area contributed by atoms with E-state index in [4.69, 9.17) is 38.0 Å². The smallest absolute Gasteiger partial charge is 0.232 e. The van der Waals surface area contributed by atoms with Crippen LogP contribution in [0, 0.1) is 6.92 Å². The predicted molar refractivity (Wildman–Crippen MR) is 136 cm³/mol. The molecule has 1 atom stereocenters. The van der Waals surface area contributed by atoms with E-state index >= 15 is 0 Å². The van der Waals surface area contributed by atoms with Crippen molar-refractivity contribution >= 4 is 40.9 Å². The summed E-state index contributed by atoms with van der Waals surface area (Å²) >= 11 is 6.37. The Bertz CT molecular complexity index is 1250. The SMILES string of the molecule is Cc1cc(N)c2c(n1)C=CC(N)(c1nc(Nc3ccccc3Cl)nc(N3CCN(C)CC3)n1)C2. The first-order valence-corrected chi connectivity index (χ1v) is 11.6. The molecule has 34 heavy (non-hydrogen) atoms. The largest absolute Gasteiger partial charge is 0.398 e. The van der Waals surface area contributed by atoms with Crippen LogP contribution < -0.4 is 21.7 Å². The molecule has 3 aromatic rings. The van der Waals surface area contributed by atoms with E-state index < -0.39 is 5.54 Å². The molecule has 0 saturated carbocycles. The van der Waals surface area contributed by atoms with E-state index in [1.165, 1.54) is 0 Å². The molecular weight excluding hydrogens is 450 g/mol. The highest BCUT2D eigenvalue weighted by Gasteiger charge is 2.35. The summed E-state index contributed by atoms with van der Waals surface area (Å²) in [6, 6.07) is 9.34. The van der Waals surface area contributed by atoms with Crippen LogP contribution in [-0.2, 0) is 12.0 Å². The maximum Gasteiger partial charge on any atom is 0.232 e. The Morgan fingerprint density at radius 2 is 1.82 bits per heavy atom. The van der Waals surface area contributed by atoms with E-state index in [0.29, 0.717) is 40.5 Å². The van der Waals surface area contributed by atoms with E-state index in [2.05, 4.69) is 27.1 Å². The number of fused-ring (bicyclic) bond motifs is 1. The van der Waals surface area contributed by atoms with Crippen molar-refractivity contribution in [3.05, 3.63) is 64.2 Å². The minimum Gasteiger partial charge on any atom is -0.398 e. The van der Waals surface area contributed by atoms with Gasteiger partial charge in [-0.1, -0.05) is 29.8 Å². The van der Waals surface area contributed by atoms with Crippen LogP contribution in [0.1, 0.15) is 22.8 Å². The van der Waals surface area contributed by atoms with Gasteiger partial charge in [0.05, 0.1) is 21.9 Å². The molecule has 0 spiro atoms. The zero-order valence-corrected chi connectivity index (χ0v) is 20.0. The van der Waals surface area contributed by atoms with Crippen LogP contribution in [0.4, 0.5) is 23.3 Å². The molecule has 176 valence electrons. The first kappa shape index (κ1) is 22.5. The molecule has 2 aliphatic rings. The van der Waals surface area contributed by atoms with Crippen molar-refractivity contribution in [2.45, 2.75) is 18.9 Å². The number of hydrogen-bond donors (Lipinski definition) is 3. The number of nitrogens with zero attached hydrogens (tertiary/aromatic N) is 6. The molecular formula is C24H28ClN9. The minimum atomic E-state index is -0.959. The molecule has 10 heteroatoms. The number of aromatic nitrogens is 4. The van der Waals surface area contributed by atoms with Crippen molar-refractivity contribution in [1.29, 1.82) is 0 Å². The number of aryl methyl sites for hydroxylation is 1. The molecule has 0 bridgehead atoms. The quantitative estimate of drug-likeness (QED) is 0.520. The normalized spacial score (nSPS) is 20.3. The lowest BCUT2D eigenvalue weighted by molar-refractivity contribution is 0.310. The highest BCUT2D eigenvalue weighted by Crippen LogP contribution is 2.34. The lowest BCUT2D eigenvalue weighted by atomic mass is 9.84. The molecule has 0 radical (unpaired) electrons. The van der Waals surface area contributed by atoms with E-state index in [1.807, 2.05) is 49.4 Å². The zero-order valence-electron chi connectivity index (χ0n) is 19.3. The zero-order chi connectivity index (χ0) is 23.9. The predicted octanol–water partition coefficient (Wildman–Crippen LogP) is 2.73. The van der Waals surface area contributed by atoms with Gasteiger partial charge in [0.1, 0.15) is 0 Å². The Morgan fingerprint density at radius 3 is 2.59 bits per heavy atom. The fraction of sp³-hybridized carbons (Fsp3) is 0.333. The average molecular weight is 478 g/mol. The fourth-order valence-corrected chi connectivity index (χ4v) is 4.46. The third-order valence-electron chi connectivity index (χ3n) is 6.27. The number of nitrogen functional groups attached to an aromatic ring is 1. The van der Waals surface area contributed by atoms with Gasteiger partial charge < -0.3 is 26.6 Å². The molecule has 5 rings (SSSR count). The van der Waals surface area contributed by atoms with Crippen LogP contribution in [0.25, 0.3) is 6.08 Å². The Balaban J connectivity index is 1.56. The highest BCUT2D eigenvalue weighted by atomic mass is 35.5. The Morgan fingerprint density at radius 1 is 1.06 bits per heavy atom. The number of rotatable bonds is 4. The van der Waals surface area contributed by atoms with Gasteiger partial charge in [0, 0.05) is 49.5 Å². The van der Waals surface area contributed by atoms with Gasteiger partial charge in [-0.3, -0.25) is 4.98 Å². The summed E-state index contributed by atoms with van der Waals surface area (Å²) in [6.07, 6.45) is 4.25. The molecule has 1 aliphatic heterocycles. The second-order valence-electron chi connectivity index (χ2n) is 8.94.